The number of hydrogen-bond donors (Lipinski definition) is 1. The van der Waals surface area contributed by atoms with Crippen LogP contribution in [-0.2, 0) is 6.42 Å². The molecule has 102 valence electrons. The molecule has 3 heteroatoms. The molecule has 0 aliphatic heterocycles. The van der Waals surface area contributed by atoms with Gasteiger partial charge in [0.05, 0.1) is 12.3 Å². The molecule has 1 heterocycles. The summed E-state index contributed by atoms with van der Waals surface area (Å²) in [4.78, 5) is 4.50. The zero-order valence-corrected chi connectivity index (χ0v) is 12.3. The maximum Gasteiger partial charge on any atom is 0.140 e. The normalized spacial score (nSPS) is 12.8. The summed E-state index contributed by atoms with van der Waals surface area (Å²) in [5, 5.41) is 3.42. The number of rotatable bonds is 7. The van der Waals surface area contributed by atoms with E-state index in [-0.39, 0.29) is 0 Å². The summed E-state index contributed by atoms with van der Waals surface area (Å²) in [5.74, 6) is 1.43. The van der Waals surface area contributed by atoms with E-state index < -0.39 is 0 Å². The number of hydrogen-bond acceptors (Lipinski definition) is 3. The van der Waals surface area contributed by atoms with E-state index in [4.69, 9.17) is 4.74 Å². The largest absolute Gasteiger partial charge is 0.491 e. The Labute approximate surface area is 111 Å². The predicted octanol–water partition coefficient (Wildman–Crippen LogP) is 2.97. The first kappa shape index (κ1) is 15.0. The third kappa shape index (κ3) is 5.05. The SMILES string of the molecule is CCc1nc(C)ccc1OCC(C)CNC(C)C. The second-order valence-electron chi connectivity index (χ2n) is 5.23. The summed E-state index contributed by atoms with van der Waals surface area (Å²) >= 11 is 0. The van der Waals surface area contributed by atoms with Gasteiger partial charge in [-0.2, -0.15) is 0 Å². The predicted molar refractivity (Wildman–Crippen MR) is 76.1 cm³/mol. The van der Waals surface area contributed by atoms with Crippen molar-refractivity contribution in [3.63, 3.8) is 0 Å². The molecule has 0 saturated heterocycles. The highest BCUT2D eigenvalue weighted by Gasteiger charge is 2.07. The average molecular weight is 250 g/mol. The highest BCUT2D eigenvalue weighted by atomic mass is 16.5. The molecule has 18 heavy (non-hydrogen) atoms. The van der Waals surface area contributed by atoms with Crippen LogP contribution < -0.4 is 10.1 Å². The molecule has 1 N–H and O–H groups in total. The van der Waals surface area contributed by atoms with E-state index in [2.05, 4.69) is 38.0 Å². The maximum absolute atomic E-state index is 5.87. The second-order valence-corrected chi connectivity index (χ2v) is 5.23. The van der Waals surface area contributed by atoms with Crippen LogP contribution in [0, 0.1) is 12.8 Å². The van der Waals surface area contributed by atoms with Crippen molar-refractivity contribution in [2.75, 3.05) is 13.2 Å². The molecular formula is C15H26N2O. The van der Waals surface area contributed by atoms with Gasteiger partial charge in [0.25, 0.3) is 0 Å². The van der Waals surface area contributed by atoms with Gasteiger partial charge in [0, 0.05) is 24.2 Å². The Kier molecular flexibility index (Phi) is 6.13. The topological polar surface area (TPSA) is 34.1 Å². The molecule has 0 bridgehead atoms. The van der Waals surface area contributed by atoms with Gasteiger partial charge < -0.3 is 10.1 Å². The van der Waals surface area contributed by atoms with E-state index in [9.17, 15) is 0 Å². The Morgan fingerprint density at radius 1 is 1.28 bits per heavy atom. The fraction of sp³-hybridized carbons (Fsp3) is 0.667. The molecular weight excluding hydrogens is 224 g/mol. The molecule has 1 rings (SSSR count). The standard InChI is InChI=1S/C15H26N2O/c1-6-14-15(8-7-13(5)17-14)18-10-12(4)9-16-11(2)3/h7-8,11-12,16H,6,9-10H2,1-5H3. The first-order valence-corrected chi connectivity index (χ1v) is 6.85. The molecule has 1 unspecified atom stereocenters. The Balaban J connectivity index is 2.47. The first-order chi connectivity index (χ1) is 8.52. The summed E-state index contributed by atoms with van der Waals surface area (Å²) in [5.41, 5.74) is 2.10. The van der Waals surface area contributed by atoms with Crippen LogP contribution >= 0.6 is 0 Å². The van der Waals surface area contributed by atoms with Crippen molar-refractivity contribution >= 4 is 0 Å². The summed E-state index contributed by atoms with van der Waals surface area (Å²) in [6.07, 6.45) is 0.912. The van der Waals surface area contributed by atoms with Gasteiger partial charge in [-0.25, -0.2) is 0 Å². The van der Waals surface area contributed by atoms with Crippen LogP contribution in [0.2, 0.25) is 0 Å². The van der Waals surface area contributed by atoms with Gasteiger partial charge in [-0.15, -0.1) is 0 Å². The molecule has 3 nitrogen and oxygen atoms in total. The van der Waals surface area contributed by atoms with Crippen molar-refractivity contribution in [2.45, 2.75) is 47.1 Å². The third-order valence-corrected chi connectivity index (χ3v) is 2.80. The zero-order chi connectivity index (χ0) is 13.5. The Bertz CT molecular complexity index is 364. The minimum Gasteiger partial charge on any atom is -0.491 e. The third-order valence-electron chi connectivity index (χ3n) is 2.80. The zero-order valence-electron chi connectivity index (χ0n) is 12.3. The fourth-order valence-corrected chi connectivity index (χ4v) is 1.71. The molecule has 0 aliphatic rings. The monoisotopic (exact) mass is 250 g/mol. The molecule has 0 spiro atoms. The van der Waals surface area contributed by atoms with Gasteiger partial charge in [0.2, 0.25) is 0 Å². The van der Waals surface area contributed by atoms with Crippen molar-refractivity contribution in [1.29, 1.82) is 0 Å². The Hall–Kier alpha value is -1.09. The molecule has 0 fully saturated rings. The number of nitrogens with one attached hydrogen (secondary N) is 1. The van der Waals surface area contributed by atoms with E-state index in [0.29, 0.717) is 12.0 Å². The number of pyridine rings is 1. The van der Waals surface area contributed by atoms with Gasteiger partial charge in [0.15, 0.2) is 0 Å². The van der Waals surface area contributed by atoms with Crippen LogP contribution in [-0.4, -0.2) is 24.2 Å². The van der Waals surface area contributed by atoms with Crippen LogP contribution in [0.15, 0.2) is 12.1 Å². The molecule has 0 radical (unpaired) electrons. The smallest absolute Gasteiger partial charge is 0.140 e. The quantitative estimate of drug-likeness (QED) is 0.808. The number of aromatic nitrogens is 1. The lowest BCUT2D eigenvalue weighted by Gasteiger charge is -2.17. The fourth-order valence-electron chi connectivity index (χ4n) is 1.71. The molecule has 1 atom stereocenters. The summed E-state index contributed by atoms with van der Waals surface area (Å²) in [6.45, 7) is 12.4. The van der Waals surface area contributed by atoms with Crippen molar-refractivity contribution in [3.05, 3.63) is 23.5 Å². The Morgan fingerprint density at radius 2 is 2.00 bits per heavy atom. The van der Waals surface area contributed by atoms with E-state index >= 15 is 0 Å². The highest BCUT2D eigenvalue weighted by molar-refractivity contribution is 5.29. The lowest BCUT2D eigenvalue weighted by molar-refractivity contribution is 0.250. The number of nitrogens with zero attached hydrogens (tertiary/aromatic N) is 1. The van der Waals surface area contributed by atoms with Crippen molar-refractivity contribution < 1.29 is 4.74 Å². The molecule has 0 aliphatic carbocycles. The molecule has 1 aromatic heterocycles. The summed E-state index contributed by atoms with van der Waals surface area (Å²) in [7, 11) is 0. The maximum atomic E-state index is 5.87. The van der Waals surface area contributed by atoms with Crippen LogP contribution in [0.4, 0.5) is 0 Å². The summed E-state index contributed by atoms with van der Waals surface area (Å²) in [6, 6.07) is 4.56. The van der Waals surface area contributed by atoms with Gasteiger partial charge in [-0.05, 0) is 25.5 Å². The number of ether oxygens (including phenoxy) is 1. The lowest BCUT2D eigenvalue weighted by Crippen LogP contribution is -2.30. The average Bonchev–Trinajstić information content (AvgIpc) is 2.34. The van der Waals surface area contributed by atoms with E-state index in [1.54, 1.807) is 0 Å². The van der Waals surface area contributed by atoms with E-state index in [1.807, 2.05) is 19.1 Å². The minimum atomic E-state index is 0.499. The van der Waals surface area contributed by atoms with E-state index in [0.717, 1.165) is 36.7 Å². The van der Waals surface area contributed by atoms with Crippen LogP contribution in [0.1, 0.15) is 39.1 Å². The molecule has 1 aromatic rings. The summed E-state index contributed by atoms with van der Waals surface area (Å²) < 4.78 is 5.87. The van der Waals surface area contributed by atoms with Crippen LogP contribution in [0.5, 0.6) is 5.75 Å². The van der Waals surface area contributed by atoms with Gasteiger partial charge in [0.1, 0.15) is 5.75 Å². The van der Waals surface area contributed by atoms with Crippen molar-refractivity contribution in [1.82, 2.24) is 10.3 Å². The van der Waals surface area contributed by atoms with Crippen LogP contribution in [0.25, 0.3) is 0 Å². The molecule has 0 aromatic carbocycles. The van der Waals surface area contributed by atoms with Crippen LogP contribution in [0.3, 0.4) is 0 Å². The van der Waals surface area contributed by atoms with Crippen molar-refractivity contribution in [2.24, 2.45) is 5.92 Å². The minimum absolute atomic E-state index is 0.499. The Morgan fingerprint density at radius 3 is 2.61 bits per heavy atom. The molecule has 0 saturated carbocycles. The van der Waals surface area contributed by atoms with Gasteiger partial charge >= 0.3 is 0 Å². The molecule has 0 amide bonds. The first-order valence-electron chi connectivity index (χ1n) is 6.85. The number of aryl methyl sites for hydroxylation is 2. The van der Waals surface area contributed by atoms with Crippen molar-refractivity contribution in [3.8, 4) is 5.75 Å². The highest BCUT2D eigenvalue weighted by Crippen LogP contribution is 2.18. The van der Waals surface area contributed by atoms with Gasteiger partial charge in [-0.3, -0.25) is 4.98 Å². The van der Waals surface area contributed by atoms with Gasteiger partial charge in [-0.1, -0.05) is 27.7 Å². The second kappa shape index (κ2) is 7.37. The lowest BCUT2D eigenvalue weighted by atomic mass is 10.2. The van der Waals surface area contributed by atoms with E-state index in [1.165, 1.54) is 0 Å².